The second kappa shape index (κ2) is 16.1. The van der Waals surface area contributed by atoms with Gasteiger partial charge in [0.15, 0.2) is 11.6 Å². The monoisotopic (exact) mass is 959 g/mol. The molecule has 11 rings (SSSR count). The van der Waals surface area contributed by atoms with Crippen LogP contribution in [0.25, 0.3) is 16.6 Å². The number of nitrogens with one attached hydrogen (secondary N) is 1. The highest BCUT2D eigenvalue weighted by molar-refractivity contribution is 7.94. The minimum Gasteiger partial charge on any atom is -0.402 e. The number of imidazole rings is 1. The zero-order chi connectivity index (χ0) is 48.5. The van der Waals surface area contributed by atoms with E-state index in [1.54, 1.807) is 36.9 Å². The van der Waals surface area contributed by atoms with Crippen molar-refractivity contribution < 1.29 is 27.0 Å². The SMILES string of the molecule is Cc1cc(N=C(C2=C(N)CCN(C(=O)c3cc4cc([C@H]5CCOC(C)(C)C5)ccc4n3[C@@]3(c4noc(=O)[nH]4)C[C@@H]3C)[C@H]2C)n2ccn(-c3ccc4c(c3F)CCN=S4(=O)C3CC3)c2=O)cc(C)c1F. The number of nitrogens with zero attached hydrogens (tertiary/aromatic N) is 7. The minimum atomic E-state index is -2.77. The summed E-state index contributed by atoms with van der Waals surface area (Å²) in [6.45, 7) is 12.4. The van der Waals surface area contributed by atoms with Gasteiger partial charge in [-0.15, -0.1) is 0 Å². The first-order valence-corrected chi connectivity index (χ1v) is 25.3. The summed E-state index contributed by atoms with van der Waals surface area (Å²) in [7, 11) is -2.77. The largest absolute Gasteiger partial charge is 0.438 e. The number of carbonyl (C=O) groups is 1. The molecule has 2 saturated carbocycles. The molecule has 0 spiro atoms. The number of rotatable bonds is 8. The van der Waals surface area contributed by atoms with Crippen molar-refractivity contribution in [2.24, 2.45) is 21.0 Å². The number of amides is 1. The molecule has 3 N–H and O–H groups in total. The van der Waals surface area contributed by atoms with E-state index in [1.165, 1.54) is 27.6 Å². The van der Waals surface area contributed by atoms with Gasteiger partial charge < -0.3 is 19.9 Å². The van der Waals surface area contributed by atoms with E-state index < -0.39 is 44.4 Å². The number of aromatic nitrogens is 5. The number of benzene rings is 3. The van der Waals surface area contributed by atoms with Crippen LogP contribution in [-0.4, -0.2) is 81.3 Å². The fourth-order valence-electron chi connectivity index (χ4n) is 11.3. The highest BCUT2D eigenvalue weighted by Gasteiger charge is 2.59. The van der Waals surface area contributed by atoms with Crippen LogP contribution >= 0.6 is 0 Å². The topological polar surface area (TPSA) is 188 Å². The van der Waals surface area contributed by atoms with Gasteiger partial charge in [0, 0.05) is 65.0 Å². The van der Waals surface area contributed by atoms with Crippen LogP contribution in [0.1, 0.15) is 111 Å². The number of halogens is 2. The third kappa shape index (κ3) is 7.26. The Labute approximate surface area is 397 Å². The Hall–Kier alpha value is -6.40. The predicted octanol–water partition coefficient (Wildman–Crippen LogP) is 7.89. The molecule has 0 bridgehead atoms. The van der Waals surface area contributed by atoms with Gasteiger partial charge in [-0.3, -0.25) is 23.4 Å². The summed E-state index contributed by atoms with van der Waals surface area (Å²) < 4.78 is 65.7. The van der Waals surface area contributed by atoms with Crippen molar-refractivity contribution in [3.05, 3.63) is 139 Å². The van der Waals surface area contributed by atoms with Gasteiger partial charge >= 0.3 is 11.4 Å². The summed E-state index contributed by atoms with van der Waals surface area (Å²) in [4.78, 5) is 52.7. The predicted molar refractivity (Wildman–Crippen MR) is 257 cm³/mol. The van der Waals surface area contributed by atoms with Crippen molar-refractivity contribution in [2.75, 3.05) is 19.7 Å². The lowest BCUT2D eigenvalue weighted by molar-refractivity contribution is -0.0592. The Morgan fingerprint density at radius 2 is 1.72 bits per heavy atom. The maximum absolute atomic E-state index is 16.7. The van der Waals surface area contributed by atoms with Crippen LogP contribution in [0.5, 0.6) is 0 Å². The van der Waals surface area contributed by atoms with Gasteiger partial charge in [0.2, 0.25) is 0 Å². The van der Waals surface area contributed by atoms with Crippen LogP contribution in [0, 0.1) is 31.4 Å². The van der Waals surface area contributed by atoms with Gasteiger partial charge in [0.1, 0.15) is 22.9 Å². The Balaban J connectivity index is 1.02. The Morgan fingerprint density at radius 3 is 2.41 bits per heavy atom. The molecule has 5 atom stereocenters. The third-order valence-corrected chi connectivity index (χ3v) is 18.1. The summed E-state index contributed by atoms with van der Waals surface area (Å²) in [5.41, 5.74) is 9.47. The molecule has 1 unspecified atom stereocenters. The fourth-order valence-corrected chi connectivity index (χ4v) is 14.0. The number of H-pyrrole nitrogens is 1. The number of carbonyl (C=O) groups excluding carboxylic acids is 1. The first-order valence-electron chi connectivity index (χ1n) is 23.8. The molecule has 6 heterocycles. The van der Waals surface area contributed by atoms with E-state index in [9.17, 15) is 13.8 Å². The molecule has 6 aromatic rings. The maximum atomic E-state index is 16.7. The lowest BCUT2D eigenvalue weighted by Crippen LogP contribution is -2.49. The highest BCUT2D eigenvalue weighted by atomic mass is 32.2. The lowest BCUT2D eigenvalue weighted by Gasteiger charge is -2.37. The molecule has 2 aliphatic carbocycles. The minimum absolute atomic E-state index is 0.0200. The van der Waals surface area contributed by atoms with Crippen molar-refractivity contribution >= 4 is 38.1 Å². The molecule has 1 amide bonds. The molecular formula is C51H55F2N9O6S. The molecule has 1 saturated heterocycles. The molecule has 3 aromatic heterocycles. The number of fused-ring (bicyclic) bond motifs is 2. The molecule has 360 valence electrons. The van der Waals surface area contributed by atoms with E-state index in [0.29, 0.717) is 63.1 Å². The number of aliphatic imine (C=N–C) groups is 1. The number of aromatic amines is 1. The van der Waals surface area contributed by atoms with Gasteiger partial charge in [-0.05, 0) is 144 Å². The summed E-state index contributed by atoms with van der Waals surface area (Å²) in [6.07, 6.45) is 7.21. The quantitative estimate of drug-likeness (QED) is 0.114. The van der Waals surface area contributed by atoms with Crippen molar-refractivity contribution in [1.82, 2.24) is 28.7 Å². The second-order valence-electron chi connectivity index (χ2n) is 20.2. The van der Waals surface area contributed by atoms with E-state index in [-0.39, 0.29) is 66.0 Å². The normalized spacial score (nSPS) is 25.8. The first kappa shape index (κ1) is 45.1. The Bertz CT molecular complexity index is 3450. The standard InChI is InChI=1S/C51H55F2N9O6S/c1-27-21-34(22-28(2)43(27)52)56-45(61-19-18-60(49(61)65)39-11-12-41-36(44(39)53)13-16-55-69(41,66)35-8-9-35)42-30(4)59(17-14-37(42)54)46(63)40-24-33-23-31(32-15-20-67-50(5,6)26-32)7-10-38(33)62(40)51(25-29(51)3)47-57-48(64)68-58-47/h7,10-12,18-19,21-24,29-30,32,35H,8-9,13-17,20,25-26,54H2,1-6H3,(H,57,58,64)/t29-,30-,32-,51-,69?/m0/s1. The zero-order valence-corrected chi connectivity index (χ0v) is 40.3. The molecule has 18 heteroatoms. The Morgan fingerprint density at radius 1 is 0.971 bits per heavy atom. The van der Waals surface area contributed by atoms with Crippen LogP contribution < -0.4 is 17.2 Å². The molecule has 69 heavy (non-hydrogen) atoms. The summed E-state index contributed by atoms with van der Waals surface area (Å²) in [6, 6.07) is 13.7. The van der Waals surface area contributed by atoms with E-state index in [0.717, 1.165) is 42.1 Å². The molecule has 3 aliphatic heterocycles. The van der Waals surface area contributed by atoms with E-state index in [2.05, 4.69) is 40.5 Å². The molecule has 0 radical (unpaired) electrons. The highest BCUT2D eigenvalue weighted by Crippen LogP contribution is 2.56. The zero-order valence-electron chi connectivity index (χ0n) is 39.5. The number of hydrogen-bond donors (Lipinski definition) is 2. The number of nitrogens with two attached hydrogens (primary N) is 1. The second-order valence-corrected chi connectivity index (χ2v) is 22.7. The van der Waals surface area contributed by atoms with Gasteiger partial charge in [-0.1, -0.05) is 18.1 Å². The summed E-state index contributed by atoms with van der Waals surface area (Å²) in [5, 5.41) is 4.91. The summed E-state index contributed by atoms with van der Waals surface area (Å²) >= 11 is 0. The lowest BCUT2D eigenvalue weighted by atomic mass is 9.83. The van der Waals surface area contributed by atoms with Gasteiger partial charge in [-0.2, -0.15) is 0 Å². The van der Waals surface area contributed by atoms with E-state index in [1.807, 2.05) is 30.5 Å². The average Bonchev–Trinajstić information content (AvgIpc) is 4.14. The van der Waals surface area contributed by atoms with Crippen LogP contribution in [0.4, 0.5) is 14.5 Å². The number of ether oxygens (including phenoxy) is 1. The maximum Gasteiger partial charge on any atom is 0.438 e. The van der Waals surface area contributed by atoms with E-state index >= 15 is 13.6 Å². The van der Waals surface area contributed by atoms with Crippen molar-refractivity contribution in [3.63, 3.8) is 0 Å². The van der Waals surface area contributed by atoms with Crippen LogP contribution in [0.3, 0.4) is 0 Å². The molecular weight excluding hydrogens is 905 g/mol. The Kier molecular flexibility index (Phi) is 10.5. The number of aryl methyl sites for hydroxylation is 2. The first-order chi connectivity index (χ1) is 32.9. The fraction of sp³-hybridized carbons (Fsp3) is 0.431. The van der Waals surface area contributed by atoms with Crippen LogP contribution in [0.2, 0.25) is 0 Å². The molecule has 3 aromatic carbocycles. The van der Waals surface area contributed by atoms with Crippen LogP contribution in [0.15, 0.2) is 101 Å². The smallest absolute Gasteiger partial charge is 0.402 e. The van der Waals surface area contributed by atoms with Gasteiger partial charge in [0.25, 0.3) is 5.91 Å². The molecule has 3 fully saturated rings. The van der Waals surface area contributed by atoms with Crippen molar-refractivity contribution in [2.45, 2.75) is 120 Å². The average molecular weight is 960 g/mol. The number of hydrogen-bond acceptors (Lipinski definition) is 10. The van der Waals surface area contributed by atoms with Gasteiger partial charge in [-0.25, -0.2) is 31.9 Å². The van der Waals surface area contributed by atoms with Gasteiger partial charge in [0.05, 0.1) is 44.2 Å². The van der Waals surface area contributed by atoms with E-state index in [4.69, 9.17) is 20.0 Å². The third-order valence-electron chi connectivity index (χ3n) is 15.1. The summed E-state index contributed by atoms with van der Waals surface area (Å²) in [5.74, 6) is -1.44. The van der Waals surface area contributed by atoms with Crippen molar-refractivity contribution in [1.29, 1.82) is 0 Å². The molecule has 15 nitrogen and oxygen atoms in total. The van der Waals surface area contributed by atoms with Crippen LogP contribution in [-0.2, 0) is 26.4 Å². The van der Waals surface area contributed by atoms with Crippen molar-refractivity contribution in [3.8, 4) is 5.69 Å². The molecule has 5 aliphatic rings.